The van der Waals surface area contributed by atoms with Crippen LogP contribution in [-0.4, -0.2) is 15.0 Å². The van der Waals surface area contributed by atoms with Crippen LogP contribution in [0.3, 0.4) is 0 Å². The van der Waals surface area contributed by atoms with Crippen LogP contribution < -0.4 is 5.56 Å². The highest BCUT2D eigenvalue weighted by molar-refractivity contribution is 5.80. The van der Waals surface area contributed by atoms with E-state index in [9.17, 15) is 4.79 Å². The fourth-order valence-electron chi connectivity index (χ4n) is 1.39. The largest absolute Gasteiger partial charge is 0.337 e. The van der Waals surface area contributed by atoms with Crippen molar-refractivity contribution in [2.24, 2.45) is 0 Å². The van der Waals surface area contributed by atoms with Crippen LogP contribution in [0.15, 0.2) is 11.0 Å². The number of pyridine rings is 1. The van der Waals surface area contributed by atoms with Gasteiger partial charge in [-0.25, -0.2) is 4.98 Å². The Morgan fingerprint density at radius 3 is 2.87 bits per heavy atom. The van der Waals surface area contributed by atoms with Gasteiger partial charge < -0.3 is 9.97 Å². The van der Waals surface area contributed by atoms with Crippen LogP contribution in [0.1, 0.15) is 31.2 Å². The number of rotatable bonds is 1. The molecule has 0 aromatic carbocycles. The van der Waals surface area contributed by atoms with Gasteiger partial charge in [0.25, 0.3) is 5.56 Å². The summed E-state index contributed by atoms with van der Waals surface area (Å²) in [4.78, 5) is 21.1. The second kappa shape index (κ2) is 3.24. The van der Waals surface area contributed by atoms with Gasteiger partial charge in [-0.3, -0.25) is 4.79 Å². The maximum absolute atomic E-state index is 11.4. The number of imidazole rings is 1. The van der Waals surface area contributed by atoms with Crippen LogP contribution in [0.25, 0.3) is 11.0 Å². The van der Waals surface area contributed by atoms with Crippen LogP contribution in [0.5, 0.6) is 0 Å². The fraction of sp³-hybridized carbons (Fsp3) is 0.300. The Kier molecular flexibility index (Phi) is 2.05. The lowest BCUT2D eigenvalue weighted by atomic mass is 10.2. The first-order valence-electron chi connectivity index (χ1n) is 4.65. The summed E-state index contributed by atoms with van der Waals surface area (Å²) in [5.41, 5.74) is 0.957. The SMILES string of the molecule is CC(C)c1nc2c(C#N)c[nH]c(=O)c2[nH]1. The number of hydrogen-bond donors (Lipinski definition) is 2. The van der Waals surface area contributed by atoms with Crippen molar-refractivity contribution in [3.63, 3.8) is 0 Å². The molecule has 0 aliphatic heterocycles. The molecule has 0 atom stereocenters. The molecule has 2 heterocycles. The van der Waals surface area contributed by atoms with Gasteiger partial charge >= 0.3 is 0 Å². The quantitative estimate of drug-likeness (QED) is 0.729. The highest BCUT2D eigenvalue weighted by atomic mass is 16.1. The third-order valence-corrected chi connectivity index (χ3v) is 2.22. The summed E-state index contributed by atoms with van der Waals surface area (Å²) < 4.78 is 0. The summed E-state index contributed by atoms with van der Waals surface area (Å²) in [6.45, 7) is 3.94. The van der Waals surface area contributed by atoms with Gasteiger partial charge in [-0.1, -0.05) is 13.8 Å². The molecule has 2 rings (SSSR count). The summed E-state index contributed by atoms with van der Waals surface area (Å²) in [5, 5.41) is 8.85. The first-order chi connectivity index (χ1) is 7.13. The monoisotopic (exact) mass is 202 g/mol. The van der Waals surface area contributed by atoms with Gasteiger partial charge in [0, 0.05) is 12.1 Å². The van der Waals surface area contributed by atoms with Gasteiger partial charge in [-0.15, -0.1) is 0 Å². The van der Waals surface area contributed by atoms with Gasteiger partial charge in [0.05, 0.1) is 5.56 Å². The predicted octanol–water partition coefficient (Wildman–Crippen LogP) is 1.25. The molecule has 0 saturated carbocycles. The molecule has 76 valence electrons. The van der Waals surface area contributed by atoms with Gasteiger partial charge in [0.15, 0.2) is 0 Å². The van der Waals surface area contributed by atoms with Crippen LogP contribution in [-0.2, 0) is 0 Å². The van der Waals surface area contributed by atoms with Crippen molar-refractivity contribution in [1.29, 1.82) is 5.26 Å². The van der Waals surface area contributed by atoms with Crippen molar-refractivity contribution in [2.45, 2.75) is 19.8 Å². The topological polar surface area (TPSA) is 85.3 Å². The van der Waals surface area contributed by atoms with Crippen LogP contribution in [0.4, 0.5) is 0 Å². The molecule has 0 unspecified atom stereocenters. The van der Waals surface area contributed by atoms with E-state index in [1.165, 1.54) is 6.20 Å². The summed E-state index contributed by atoms with van der Waals surface area (Å²) in [7, 11) is 0. The van der Waals surface area contributed by atoms with E-state index >= 15 is 0 Å². The van der Waals surface area contributed by atoms with E-state index in [1.54, 1.807) is 0 Å². The Morgan fingerprint density at radius 1 is 1.53 bits per heavy atom. The minimum atomic E-state index is -0.247. The van der Waals surface area contributed by atoms with Crippen LogP contribution in [0.2, 0.25) is 0 Å². The average molecular weight is 202 g/mol. The molecule has 0 spiro atoms. The van der Waals surface area contributed by atoms with E-state index in [2.05, 4.69) is 15.0 Å². The minimum Gasteiger partial charge on any atom is -0.337 e. The van der Waals surface area contributed by atoms with E-state index in [1.807, 2.05) is 19.9 Å². The molecule has 0 aliphatic rings. The molecular weight excluding hydrogens is 192 g/mol. The van der Waals surface area contributed by atoms with Crippen molar-refractivity contribution in [2.75, 3.05) is 0 Å². The van der Waals surface area contributed by atoms with Crippen molar-refractivity contribution in [3.8, 4) is 6.07 Å². The molecule has 5 heteroatoms. The summed E-state index contributed by atoms with van der Waals surface area (Å²) in [6.07, 6.45) is 1.38. The molecule has 0 fully saturated rings. The van der Waals surface area contributed by atoms with Gasteiger partial charge in [-0.2, -0.15) is 5.26 Å². The van der Waals surface area contributed by atoms with Gasteiger partial charge in [0.2, 0.25) is 0 Å². The maximum atomic E-state index is 11.4. The number of aromatic nitrogens is 3. The summed E-state index contributed by atoms with van der Waals surface area (Å²) in [5.74, 6) is 0.918. The maximum Gasteiger partial charge on any atom is 0.274 e. The molecule has 2 aromatic heterocycles. The number of nitrogens with one attached hydrogen (secondary N) is 2. The van der Waals surface area contributed by atoms with Crippen LogP contribution >= 0.6 is 0 Å². The molecule has 15 heavy (non-hydrogen) atoms. The second-order valence-electron chi connectivity index (χ2n) is 3.64. The Hall–Kier alpha value is -2.09. The van der Waals surface area contributed by atoms with Gasteiger partial charge in [0.1, 0.15) is 22.9 Å². The van der Waals surface area contributed by atoms with E-state index in [-0.39, 0.29) is 11.5 Å². The lowest BCUT2D eigenvalue weighted by Crippen LogP contribution is -2.06. The zero-order valence-corrected chi connectivity index (χ0v) is 8.46. The summed E-state index contributed by atoms with van der Waals surface area (Å²) in [6, 6.07) is 2.00. The minimum absolute atomic E-state index is 0.198. The molecule has 0 bridgehead atoms. The normalized spacial score (nSPS) is 10.8. The molecule has 2 aromatic rings. The molecule has 0 saturated heterocycles. The third-order valence-electron chi connectivity index (χ3n) is 2.22. The molecule has 2 N–H and O–H groups in total. The molecule has 0 radical (unpaired) electrons. The Morgan fingerprint density at radius 2 is 2.27 bits per heavy atom. The number of nitrogens with zero attached hydrogens (tertiary/aromatic N) is 2. The number of fused-ring (bicyclic) bond motifs is 1. The smallest absolute Gasteiger partial charge is 0.274 e. The van der Waals surface area contributed by atoms with Crippen molar-refractivity contribution in [1.82, 2.24) is 15.0 Å². The Labute approximate surface area is 85.8 Å². The first kappa shape index (κ1) is 9.46. The van der Waals surface area contributed by atoms with Crippen LogP contribution in [0, 0.1) is 11.3 Å². The van der Waals surface area contributed by atoms with Crippen molar-refractivity contribution in [3.05, 3.63) is 27.9 Å². The fourth-order valence-corrected chi connectivity index (χ4v) is 1.39. The van der Waals surface area contributed by atoms with E-state index < -0.39 is 0 Å². The summed E-state index contributed by atoms with van der Waals surface area (Å²) >= 11 is 0. The molecule has 0 amide bonds. The van der Waals surface area contributed by atoms with E-state index in [4.69, 9.17) is 5.26 Å². The standard InChI is InChI=1S/C10H10N4O/c1-5(2)9-13-7-6(3-11)4-12-10(15)8(7)14-9/h4-5H,1-2H3,(H,12,15)(H,13,14). The molecular formula is C10H10N4O. The lowest BCUT2D eigenvalue weighted by Gasteiger charge is -1.95. The Bertz CT molecular complexity index is 600. The molecule has 0 aliphatic carbocycles. The van der Waals surface area contributed by atoms with Crippen molar-refractivity contribution >= 4 is 11.0 Å². The average Bonchev–Trinajstić information content (AvgIpc) is 2.64. The molecule has 5 nitrogen and oxygen atoms in total. The van der Waals surface area contributed by atoms with Crippen molar-refractivity contribution < 1.29 is 0 Å². The highest BCUT2D eigenvalue weighted by Crippen LogP contribution is 2.16. The van der Waals surface area contributed by atoms with E-state index in [0.29, 0.717) is 16.6 Å². The predicted molar refractivity (Wildman–Crippen MR) is 55.5 cm³/mol. The third kappa shape index (κ3) is 1.40. The number of hydrogen-bond acceptors (Lipinski definition) is 3. The zero-order chi connectivity index (χ0) is 11.0. The first-order valence-corrected chi connectivity index (χ1v) is 4.65. The lowest BCUT2D eigenvalue weighted by molar-refractivity contribution is 0.799. The zero-order valence-electron chi connectivity index (χ0n) is 8.46. The Balaban J connectivity index is 2.85. The van der Waals surface area contributed by atoms with Gasteiger partial charge in [-0.05, 0) is 0 Å². The second-order valence-corrected chi connectivity index (χ2v) is 3.64. The van der Waals surface area contributed by atoms with E-state index in [0.717, 1.165) is 5.82 Å². The number of nitriles is 1. The highest BCUT2D eigenvalue weighted by Gasteiger charge is 2.12. The number of aromatic amines is 2. The number of H-pyrrole nitrogens is 2.